The van der Waals surface area contributed by atoms with Gasteiger partial charge in [-0.3, -0.25) is 9.59 Å². The highest BCUT2D eigenvalue weighted by Gasteiger charge is 2.30. The van der Waals surface area contributed by atoms with Crippen molar-refractivity contribution >= 4 is 59.5 Å². The first kappa shape index (κ1) is 37.6. The molecule has 0 heterocycles. The molecule has 2 N–H and O–H groups in total. The molecule has 53 heavy (non-hydrogen) atoms. The molecule has 8 heteroatoms. The quantitative estimate of drug-likeness (QED) is 0.0494. The second-order valence-corrected chi connectivity index (χ2v) is 16.6. The summed E-state index contributed by atoms with van der Waals surface area (Å²) in [6.07, 6.45) is 0.785. The number of carbonyl (C=O) groups is 2. The van der Waals surface area contributed by atoms with Crippen molar-refractivity contribution in [3.8, 4) is 22.6 Å². The van der Waals surface area contributed by atoms with Gasteiger partial charge >= 0.3 is 5.97 Å². The number of ether oxygens (including phenoxy) is 2. The zero-order valence-electron chi connectivity index (χ0n) is 29.7. The predicted molar refractivity (Wildman–Crippen MR) is 220 cm³/mol. The molecule has 0 bridgehead atoms. The first-order valence-electron chi connectivity index (χ1n) is 17.9. The molecule has 268 valence electrons. The van der Waals surface area contributed by atoms with Crippen LogP contribution in [-0.4, -0.2) is 36.7 Å². The topological polar surface area (TPSA) is 84.9 Å². The fraction of sp³-hybridized carbons (Fsp3) is 0.156. The van der Waals surface area contributed by atoms with Gasteiger partial charge in [0.2, 0.25) is 5.91 Å². The summed E-state index contributed by atoms with van der Waals surface area (Å²) in [5, 5.41) is 21.2. The lowest BCUT2D eigenvalue weighted by Crippen LogP contribution is -2.28. The average Bonchev–Trinajstić information content (AvgIpc) is 3.19. The van der Waals surface area contributed by atoms with Gasteiger partial charge in [-0.25, -0.2) is 0 Å². The van der Waals surface area contributed by atoms with Gasteiger partial charge in [0, 0.05) is 30.7 Å². The highest BCUT2D eigenvalue weighted by molar-refractivity contribution is 7.80. The van der Waals surface area contributed by atoms with E-state index >= 15 is 0 Å². The lowest BCUT2D eigenvalue weighted by atomic mass is 10.0. The number of rotatable bonds is 16. The zero-order valence-corrected chi connectivity index (χ0v) is 31.5. The number of aromatic hydroxyl groups is 1. The Morgan fingerprint density at radius 1 is 0.566 bits per heavy atom. The molecular formula is C45H43NO5P2. The Morgan fingerprint density at radius 2 is 1.04 bits per heavy atom. The van der Waals surface area contributed by atoms with Gasteiger partial charge in [-0.1, -0.05) is 153 Å². The average molecular weight is 740 g/mol. The van der Waals surface area contributed by atoms with Gasteiger partial charge in [-0.15, -0.1) is 0 Å². The third kappa shape index (κ3) is 9.66. The molecule has 6 rings (SSSR count). The van der Waals surface area contributed by atoms with Crippen LogP contribution in [0.4, 0.5) is 0 Å². The Hall–Kier alpha value is -5.12. The van der Waals surface area contributed by atoms with Crippen molar-refractivity contribution < 1.29 is 24.2 Å². The number of amides is 1. The molecule has 0 radical (unpaired) electrons. The zero-order chi connectivity index (χ0) is 36.8. The number of carbonyl (C=O) groups excluding carboxylic acids is 2. The van der Waals surface area contributed by atoms with E-state index in [0.717, 1.165) is 38.2 Å². The number of nitrogens with one attached hydrogen (secondary N) is 1. The number of phenolic OH excluding ortho intramolecular Hbond substituents is 1. The molecular weight excluding hydrogens is 696 g/mol. The third-order valence-corrected chi connectivity index (χ3v) is 13.5. The van der Waals surface area contributed by atoms with Crippen LogP contribution < -0.4 is 41.9 Å². The van der Waals surface area contributed by atoms with E-state index in [1.54, 1.807) is 12.1 Å². The van der Waals surface area contributed by atoms with E-state index in [9.17, 15) is 14.7 Å². The molecule has 0 saturated heterocycles. The maximum atomic E-state index is 13.6. The Balaban J connectivity index is 1.49. The summed E-state index contributed by atoms with van der Waals surface area (Å²) in [7, 11) is -2.35. The maximum Gasteiger partial charge on any atom is 0.311 e. The van der Waals surface area contributed by atoms with Gasteiger partial charge in [0.15, 0.2) is 0 Å². The first-order valence-corrected chi connectivity index (χ1v) is 20.5. The van der Waals surface area contributed by atoms with Crippen LogP contribution in [0.5, 0.6) is 11.5 Å². The predicted octanol–water partition coefficient (Wildman–Crippen LogP) is 6.80. The minimum absolute atomic E-state index is 0.0163. The molecule has 6 aromatic carbocycles. The monoisotopic (exact) mass is 739 g/mol. The molecule has 0 saturated carbocycles. The van der Waals surface area contributed by atoms with Crippen LogP contribution in [0.1, 0.15) is 26.2 Å². The summed E-state index contributed by atoms with van der Waals surface area (Å²) in [4.78, 5) is 26.2. The normalized spacial score (nSPS) is 11.1. The summed E-state index contributed by atoms with van der Waals surface area (Å²) < 4.78 is 11.7. The van der Waals surface area contributed by atoms with Gasteiger partial charge in [-0.05, 0) is 66.2 Å². The second-order valence-electron chi connectivity index (χ2n) is 12.3. The molecule has 0 fully saturated rings. The van der Waals surface area contributed by atoms with Gasteiger partial charge < -0.3 is 19.9 Å². The van der Waals surface area contributed by atoms with Crippen molar-refractivity contribution in [2.75, 3.05) is 19.8 Å². The van der Waals surface area contributed by atoms with Crippen molar-refractivity contribution in [3.63, 3.8) is 0 Å². The molecule has 0 atom stereocenters. The van der Waals surface area contributed by atoms with E-state index in [1.165, 1.54) is 0 Å². The van der Waals surface area contributed by atoms with Gasteiger partial charge in [0.05, 0.1) is 13.0 Å². The largest absolute Gasteiger partial charge is 0.507 e. The van der Waals surface area contributed by atoms with Crippen LogP contribution in [0.25, 0.3) is 11.1 Å². The highest BCUT2D eigenvalue weighted by Crippen LogP contribution is 2.46. The number of esters is 1. The molecule has 0 aliphatic rings. The minimum Gasteiger partial charge on any atom is -0.507 e. The van der Waals surface area contributed by atoms with E-state index in [4.69, 9.17) is 9.47 Å². The fourth-order valence-electron chi connectivity index (χ4n) is 6.16. The Kier molecular flexibility index (Phi) is 13.6. The minimum atomic E-state index is -1.19. The number of hydrogen-bond donors (Lipinski definition) is 2. The Bertz CT molecular complexity index is 2000. The van der Waals surface area contributed by atoms with Gasteiger partial charge in [0.1, 0.15) is 11.5 Å². The molecule has 6 aromatic rings. The van der Waals surface area contributed by atoms with Crippen LogP contribution in [-0.2, 0) is 14.3 Å². The number of phenols is 1. The van der Waals surface area contributed by atoms with Gasteiger partial charge in [0.25, 0.3) is 0 Å². The van der Waals surface area contributed by atoms with Gasteiger partial charge in [-0.2, -0.15) is 0 Å². The van der Waals surface area contributed by atoms with E-state index in [2.05, 4.69) is 66.0 Å². The molecule has 0 aliphatic heterocycles. The first-order chi connectivity index (χ1) is 26.0. The van der Waals surface area contributed by atoms with Crippen LogP contribution >= 0.6 is 15.8 Å². The van der Waals surface area contributed by atoms with Crippen molar-refractivity contribution in [1.82, 2.24) is 5.32 Å². The van der Waals surface area contributed by atoms with Crippen molar-refractivity contribution in [3.05, 3.63) is 158 Å². The summed E-state index contributed by atoms with van der Waals surface area (Å²) in [5.41, 5.74) is 1.28. The lowest BCUT2D eigenvalue weighted by Gasteiger charge is -2.28. The Labute approximate surface area is 314 Å². The van der Waals surface area contributed by atoms with E-state index in [1.807, 2.05) is 91.9 Å². The third-order valence-electron chi connectivity index (χ3n) is 8.51. The van der Waals surface area contributed by atoms with Crippen LogP contribution in [0.3, 0.4) is 0 Å². The number of benzene rings is 6. The van der Waals surface area contributed by atoms with E-state index in [-0.39, 0.29) is 24.5 Å². The summed E-state index contributed by atoms with van der Waals surface area (Å²) in [5.74, 6) is -0.353. The standard InChI is InChI=1S/C45H43NO5P2/c1-2-32-50-33-31-46-42(48)29-30-43(49)51-39-26-16-28-41(53(36-21-11-5-12-22-36)37-23-13-6-14-24-37)45(39)44-38(47)25-15-27-40(44)52(34-17-7-3-8-18-34)35-19-9-4-10-20-35/h3-28,47H,2,29-33H2,1H3,(H,46,48). The van der Waals surface area contributed by atoms with E-state index < -0.39 is 21.8 Å². The Morgan fingerprint density at radius 3 is 1.53 bits per heavy atom. The highest BCUT2D eigenvalue weighted by atomic mass is 31.1. The van der Waals surface area contributed by atoms with Crippen molar-refractivity contribution in [2.24, 2.45) is 0 Å². The molecule has 0 aliphatic carbocycles. The van der Waals surface area contributed by atoms with Crippen molar-refractivity contribution in [2.45, 2.75) is 26.2 Å². The van der Waals surface area contributed by atoms with Crippen LogP contribution in [0, 0.1) is 0 Å². The smallest absolute Gasteiger partial charge is 0.311 e. The van der Waals surface area contributed by atoms with E-state index in [0.29, 0.717) is 36.6 Å². The summed E-state index contributed by atoms with van der Waals surface area (Å²) in [6.45, 7) is 3.47. The second kappa shape index (κ2) is 19.1. The van der Waals surface area contributed by atoms with Crippen molar-refractivity contribution in [1.29, 1.82) is 0 Å². The summed E-state index contributed by atoms with van der Waals surface area (Å²) in [6, 6.07) is 52.7. The lowest BCUT2D eigenvalue weighted by molar-refractivity contribution is -0.136. The molecule has 1 amide bonds. The number of hydrogen-bond acceptors (Lipinski definition) is 5. The fourth-order valence-corrected chi connectivity index (χ4v) is 11.1. The molecule has 0 unspecified atom stereocenters. The molecule has 0 spiro atoms. The molecule has 6 nitrogen and oxygen atoms in total. The van der Waals surface area contributed by atoms with Crippen LogP contribution in [0.2, 0.25) is 0 Å². The summed E-state index contributed by atoms with van der Waals surface area (Å²) >= 11 is 0. The maximum absolute atomic E-state index is 13.6. The van der Waals surface area contributed by atoms with Crippen LogP contribution in [0.15, 0.2) is 158 Å². The SMILES string of the molecule is CCCOCCNC(=O)CCC(=O)Oc1cccc(P(c2ccccc2)c2ccccc2)c1-c1c(O)cccc1P(c1ccccc1)c1ccccc1. The molecule has 0 aromatic heterocycles.